The molecule has 1 unspecified atom stereocenters. The van der Waals surface area contributed by atoms with Crippen LogP contribution in [0, 0.1) is 0 Å². The van der Waals surface area contributed by atoms with Crippen molar-refractivity contribution in [1.82, 2.24) is 15.0 Å². The van der Waals surface area contributed by atoms with E-state index in [-0.39, 0.29) is 13.0 Å². The van der Waals surface area contributed by atoms with Gasteiger partial charge in [0.25, 0.3) is 0 Å². The van der Waals surface area contributed by atoms with Gasteiger partial charge in [-0.1, -0.05) is 39.3 Å². The molecule has 2 N–H and O–H groups in total. The molecular formula is C13H14BrN3O3. The molecule has 0 spiro atoms. The Morgan fingerprint density at radius 2 is 2.15 bits per heavy atom. The highest BCUT2D eigenvalue weighted by molar-refractivity contribution is 9.10. The molecule has 1 heterocycles. The average Bonchev–Trinajstić information content (AvgIpc) is 2.86. The molecule has 0 saturated heterocycles. The number of benzene rings is 1. The smallest absolute Gasteiger partial charge is 0.305 e. The van der Waals surface area contributed by atoms with Crippen LogP contribution in [-0.2, 0) is 16.9 Å². The minimum atomic E-state index is -1.30. The molecule has 0 bridgehead atoms. The van der Waals surface area contributed by atoms with Gasteiger partial charge in [-0.05, 0) is 13.0 Å². The normalized spacial score (nSPS) is 13.9. The largest absolute Gasteiger partial charge is 0.481 e. The van der Waals surface area contributed by atoms with E-state index in [0.29, 0.717) is 11.3 Å². The van der Waals surface area contributed by atoms with Crippen LogP contribution < -0.4 is 0 Å². The van der Waals surface area contributed by atoms with E-state index in [2.05, 4.69) is 26.2 Å². The van der Waals surface area contributed by atoms with Gasteiger partial charge < -0.3 is 10.2 Å². The topological polar surface area (TPSA) is 88.2 Å². The Bertz CT molecular complexity index is 625. The van der Waals surface area contributed by atoms with E-state index in [4.69, 9.17) is 5.11 Å². The van der Waals surface area contributed by atoms with Crippen molar-refractivity contribution in [3.8, 4) is 0 Å². The van der Waals surface area contributed by atoms with E-state index in [9.17, 15) is 9.90 Å². The molecule has 1 aromatic heterocycles. The van der Waals surface area contributed by atoms with Crippen LogP contribution in [0.1, 0.15) is 24.6 Å². The predicted molar refractivity (Wildman–Crippen MR) is 75.1 cm³/mol. The summed E-state index contributed by atoms with van der Waals surface area (Å²) in [5, 5.41) is 27.1. The highest BCUT2D eigenvalue weighted by atomic mass is 79.9. The molecule has 0 saturated carbocycles. The third-order valence-electron chi connectivity index (χ3n) is 2.99. The third-order valence-corrected chi connectivity index (χ3v) is 3.68. The molecule has 20 heavy (non-hydrogen) atoms. The fourth-order valence-corrected chi connectivity index (χ4v) is 2.51. The lowest BCUT2D eigenvalue weighted by Crippen LogP contribution is -2.24. The van der Waals surface area contributed by atoms with E-state index in [0.717, 1.165) is 4.47 Å². The first kappa shape index (κ1) is 14.7. The van der Waals surface area contributed by atoms with Crippen LogP contribution in [0.4, 0.5) is 0 Å². The lowest BCUT2D eigenvalue weighted by molar-refractivity contribution is -0.137. The standard InChI is InChI=1S/C13H14BrN3O3/c1-13(20,9-4-2-3-5-10(9)14)11-8-17(16-15-11)7-6-12(18)19/h2-5,8,20H,6-7H2,1H3,(H,18,19). The number of aliphatic hydroxyl groups is 1. The van der Waals surface area contributed by atoms with Crippen LogP contribution in [-0.4, -0.2) is 31.2 Å². The molecular weight excluding hydrogens is 326 g/mol. The van der Waals surface area contributed by atoms with Crippen LogP contribution >= 0.6 is 15.9 Å². The number of carboxylic acids is 1. The molecule has 0 aliphatic carbocycles. The number of hydrogen-bond donors (Lipinski definition) is 2. The minimum absolute atomic E-state index is 0.0417. The quantitative estimate of drug-likeness (QED) is 0.866. The van der Waals surface area contributed by atoms with Crippen molar-refractivity contribution >= 4 is 21.9 Å². The van der Waals surface area contributed by atoms with Crippen LogP contribution in [0.5, 0.6) is 0 Å². The van der Waals surface area contributed by atoms with Gasteiger partial charge in [0.2, 0.25) is 0 Å². The van der Waals surface area contributed by atoms with Crippen LogP contribution in [0.3, 0.4) is 0 Å². The number of aryl methyl sites for hydroxylation is 1. The Hall–Kier alpha value is -1.73. The first-order valence-electron chi connectivity index (χ1n) is 6.01. The molecule has 0 amide bonds. The molecule has 0 radical (unpaired) electrons. The lowest BCUT2D eigenvalue weighted by Gasteiger charge is -2.22. The summed E-state index contributed by atoms with van der Waals surface area (Å²) in [7, 11) is 0. The molecule has 6 nitrogen and oxygen atoms in total. The summed E-state index contributed by atoms with van der Waals surface area (Å²) in [5.74, 6) is -0.903. The summed E-state index contributed by atoms with van der Waals surface area (Å²) in [6.07, 6.45) is 1.52. The number of aromatic nitrogens is 3. The molecule has 2 aromatic rings. The fourth-order valence-electron chi connectivity index (χ4n) is 1.83. The van der Waals surface area contributed by atoms with Gasteiger partial charge in [0.1, 0.15) is 11.3 Å². The highest BCUT2D eigenvalue weighted by Gasteiger charge is 2.30. The maximum atomic E-state index is 10.7. The Kier molecular flexibility index (Phi) is 4.20. The van der Waals surface area contributed by atoms with Gasteiger partial charge in [0.15, 0.2) is 0 Å². The molecule has 0 aliphatic heterocycles. The van der Waals surface area contributed by atoms with Gasteiger partial charge in [-0.2, -0.15) is 0 Å². The van der Waals surface area contributed by atoms with Gasteiger partial charge in [0, 0.05) is 10.0 Å². The summed E-state index contributed by atoms with van der Waals surface area (Å²) < 4.78 is 2.18. The van der Waals surface area contributed by atoms with E-state index in [1.807, 2.05) is 18.2 Å². The minimum Gasteiger partial charge on any atom is -0.481 e. The first-order chi connectivity index (χ1) is 9.41. The molecule has 0 aliphatic rings. The predicted octanol–water partition coefficient (Wildman–Crippen LogP) is 1.77. The van der Waals surface area contributed by atoms with Crippen molar-refractivity contribution in [2.24, 2.45) is 0 Å². The van der Waals surface area contributed by atoms with Crippen molar-refractivity contribution in [1.29, 1.82) is 0 Å². The van der Waals surface area contributed by atoms with E-state index < -0.39 is 11.6 Å². The molecule has 1 atom stereocenters. The molecule has 2 rings (SSSR count). The summed E-state index contributed by atoms with van der Waals surface area (Å²) in [4.78, 5) is 10.5. The van der Waals surface area contributed by atoms with Crippen LogP contribution in [0.2, 0.25) is 0 Å². The number of carboxylic acid groups (broad SMARTS) is 1. The number of aliphatic carboxylic acids is 1. The lowest BCUT2D eigenvalue weighted by atomic mass is 9.93. The molecule has 1 aromatic carbocycles. The number of halogens is 1. The zero-order valence-corrected chi connectivity index (χ0v) is 12.4. The first-order valence-corrected chi connectivity index (χ1v) is 6.80. The molecule has 7 heteroatoms. The SMILES string of the molecule is CC(O)(c1cn(CCC(=O)O)nn1)c1ccccc1Br. The Balaban J connectivity index is 2.26. The maximum Gasteiger partial charge on any atom is 0.305 e. The highest BCUT2D eigenvalue weighted by Crippen LogP contribution is 2.32. The van der Waals surface area contributed by atoms with Crippen molar-refractivity contribution in [3.63, 3.8) is 0 Å². The number of nitrogens with zero attached hydrogens (tertiary/aromatic N) is 3. The van der Waals surface area contributed by atoms with Crippen molar-refractivity contribution in [2.75, 3.05) is 0 Å². The number of rotatable bonds is 5. The van der Waals surface area contributed by atoms with E-state index in [1.54, 1.807) is 19.2 Å². The van der Waals surface area contributed by atoms with E-state index >= 15 is 0 Å². The number of hydrogen-bond acceptors (Lipinski definition) is 4. The summed E-state index contributed by atoms with van der Waals surface area (Å²) in [5.41, 5.74) is -0.262. The van der Waals surface area contributed by atoms with Crippen molar-refractivity contribution in [2.45, 2.75) is 25.5 Å². The maximum absolute atomic E-state index is 10.7. The Labute approximate surface area is 124 Å². The summed E-state index contributed by atoms with van der Waals surface area (Å²) >= 11 is 3.39. The molecule has 0 fully saturated rings. The van der Waals surface area contributed by atoms with E-state index in [1.165, 1.54) is 4.68 Å². The van der Waals surface area contributed by atoms with Gasteiger partial charge in [-0.15, -0.1) is 5.10 Å². The monoisotopic (exact) mass is 339 g/mol. The Morgan fingerprint density at radius 1 is 1.45 bits per heavy atom. The number of carbonyl (C=O) groups is 1. The fraction of sp³-hybridized carbons (Fsp3) is 0.308. The zero-order chi connectivity index (χ0) is 14.8. The third kappa shape index (κ3) is 3.05. The Morgan fingerprint density at radius 3 is 2.80 bits per heavy atom. The summed E-state index contributed by atoms with van der Waals surface area (Å²) in [6.45, 7) is 1.84. The van der Waals surface area contributed by atoms with Crippen LogP contribution in [0.15, 0.2) is 34.9 Å². The summed E-state index contributed by atoms with van der Waals surface area (Å²) in [6, 6.07) is 7.30. The van der Waals surface area contributed by atoms with Gasteiger partial charge in [-0.25, -0.2) is 0 Å². The second-order valence-corrected chi connectivity index (χ2v) is 5.42. The van der Waals surface area contributed by atoms with Gasteiger partial charge in [-0.3, -0.25) is 9.48 Å². The van der Waals surface area contributed by atoms with Crippen molar-refractivity contribution in [3.05, 3.63) is 46.2 Å². The zero-order valence-electron chi connectivity index (χ0n) is 10.8. The van der Waals surface area contributed by atoms with Crippen molar-refractivity contribution < 1.29 is 15.0 Å². The second kappa shape index (κ2) is 5.72. The van der Waals surface area contributed by atoms with Crippen LogP contribution in [0.25, 0.3) is 0 Å². The molecule has 106 valence electrons. The second-order valence-electron chi connectivity index (χ2n) is 4.56. The van der Waals surface area contributed by atoms with Gasteiger partial charge >= 0.3 is 5.97 Å². The van der Waals surface area contributed by atoms with Gasteiger partial charge in [0.05, 0.1) is 19.2 Å². The average molecular weight is 340 g/mol.